The first-order valence-electron chi connectivity index (χ1n) is 9.87. The van der Waals surface area contributed by atoms with E-state index in [0.717, 1.165) is 43.5 Å². The van der Waals surface area contributed by atoms with Crippen molar-refractivity contribution >= 4 is 28.1 Å². The number of aryl methyl sites for hydroxylation is 1. The molecule has 0 bridgehead atoms. The van der Waals surface area contributed by atoms with Crippen LogP contribution in [0.2, 0.25) is 0 Å². The van der Waals surface area contributed by atoms with Gasteiger partial charge in [-0.1, -0.05) is 0 Å². The predicted molar refractivity (Wildman–Crippen MR) is 110 cm³/mol. The van der Waals surface area contributed by atoms with E-state index in [4.69, 9.17) is 0 Å². The van der Waals surface area contributed by atoms with Crippen LogP contribution in [0.25, 0.3) is 0 Å². The highest BCUT2D eigenvalue weighted by Crippen LogP contribution is 2.44. The van der Waals surface area contributed by atoms with E-state index in [1.54, 1.807) is 19.2 Å². The Bertz CT molecular complexity index is 947. The Balaban J connectivity index is 1.43. The van der Waals surface area contributed by atoms with Crippen molar-refractivity contribution in [2.75, 3.05) is 36.4 Å². The third-order valence-corrected chi connectivity index (χ3v) is 6.73. The number of carbonyl (C=O) groups is 1. The lowest BCUT2D eigenvalue weighted by atomic mass is 9.86. The van der Waals surface area contributed by atoms with E-state index in [9.17, 15) is 18.0 Å². The fraction of sp³-hybridized carbons (Fsp3) is 0.550. The van der Waals surface area contributed by atoms with Crippen molar-refractivity contribution in [3.05, 3.63) is 34.6 Å². The molecule has 1 amide bonds. The first kappa shape index (κ1) is 21.0. The zero-order chi connectivity index (χ0) is 21.5. The van der Waals surface area contributed by atoms with Crippen LogP contribution in [0.3, 0.4) is 0 Å². The van der Waals surface area contributed by atoms with Crippen molar-refractivity contribution in [1.29, 1.82) is 0 Å². The molecular weight excluding hydrogens is 415 g/mol. The van der Waals surface area contributed by atoms with Crippen LogP contribution in [-0.2, 0) is 17.5 Å². The highest BCUT2D eigenvalue weighted by Gasteiger charge is 2.45. The van der Waals surface area contributed by atoms with Gasteiger partial charge in [0.15, 0.2) is 5.13 Å². The number of rotatable bonds is 4. The number of anilines is 2. The molecule has 2 aromatic heterocycles. The second-order valence-corrected chi connectivity index (χ2v) is 9.40. The molecule has 0 aliphatic carbocycles. The average Bonchev–Trinajstić information content (AvgIpc) is 3.36. The lowest BCUT2D eigenvalue weighted by Gasteiger charge is -2.27. The number of pyridine rings is 1. The molecule has 162 valence electrons. The minimum Gasteiger partial charge on any atom is -0.370 e. The van der Waals surface area contributed by atoms with Crippen LogP contribution in [0.5, 0.6) is 0 Å². The Morgan fingerprint density at radius 2 is 2.00 bits per heavy atom. The van der Waals surface area contributed by atoms with Crippen molar-refractivity contribution in [3.8, 4) is 0 Å². The maximum Gasteiger partial charge on any atom is 0.419 e. The second-order valence-electron chi connectivity index (χ2n) is 8.29. The molecule has 6 nitrogen and oxygen atoms in total. The van der Waals surface area contributed by atoms with Crippen LogP contribution >= 0.6 is 11.3 Å². The van der Waals surface area contributed by atoms with Gasteiger partial charge in [-0.25, -0.2) is 4.98 Å². The number of aromatic nitrogens is 2. The van der Waals surface area contributed by atoms with Crippen LogP contribution in [0.1, 0.15) is 35.9 Å². The molecular formula is C20H24F3N5OS. The lowest BCUT2D eigenvalue weighted by Crippen LogP contribution is -2.31. The molecule has 0 radical (unpaired) electrons. The molecule has 1 unspecified atom stereocenters. The molecule has 1 N–H and O–H groups in total. The molecule has 10 heteroatoms. The predicted octanol–water partition coefficient (Wildman–Crippen LogP) is 3.93. The number of alkyl halides is 3. The Morgan fingerprint density at radius 1 is 1.23 bits per heavy atom. The molecule has 0 aromatic carbocycles. The lowest BCUT2D eigenvalue weighted by molar-refractivity contribution is -0.137. The van der Waals surface area contributed by atoms with Crippen molar-refractivity contribution < 1.29 is 18.0 Å². The summed E-state index contributed by atoms with van der Waals surface area (Å²) in [4.78, 5) is 24.5. The van der Waals surface area contributed by atoms with Crippen LogP contribution < -0.4 is 10.2 Å². The van der Waals surface area contributed by atoms with Gasteiger partial charge in [0.25, 0.3) is 0 Å². The summed E-state index contributed by atoms with van der Waals surface area (Å²) in [5.41, 5.74) is 0.181. The quantitative estimate of drug-likeness (QED) is 0.782. The molecule has 2 aromatic rings. The van der Waals surface area contributed by atoms with E-state index in [2.05, 4.69) is 20.2 Å². The Labute approximate surface area is 177 Å². The Morgan fingerprint density at radius 3 is 2.73 bits per heavy atom. The Kier molecular flexibility index (Phi) is 5.48. The van der Waals surface area contributed by atoms with Crippen molar-refractivity contribution in [2.24, 2.45) is 5.41 Å². The maximum absolute atomic E-state index is 13.5. The molecule has 2 aliphatic heterocycles. The maximum atomic E-state index is 13.5. The number of nitrogens with one attached hydrogen (secondary N) is 1. The summed E-state index contributed by atoms with van der Waals surface area (Å²) < 4.78 is 40.4. The van der Waals surface area contributed by atoms with E-state index in [1.807, 2.05) is 4.90 Å². The largest absolute Gasteiger partial charge is 0.419 e. The van der Waals surface area contributed by atoms with Crippen LogP contribution in [0, 0.1) is 12.3 Å². The molecule has 4 heterocycles. The van der Waals surface area contributed by atoms with E-state index < -0.39 is 11.7 Å². The van der Waals surface area contributed by atoms with E-state index in [1.165, 1.54) is 18.3 Å². The van der Waals surface area contributed by atoms with E-state index in [0.29, 0.717) is 23.9 Å². The molecule has 4 rings (SSSR count). The topological polar surface area (TPSA) is 61.4 Å². The zero-order valence-electron chi connectivity index (χ0n) is 16.9. The number of halogens is 3. The van der Waals surface area contributed by atoms with Gasteiger partial charge < -0.3 is 10.2 Å². The first-order valence-corrected chi connectivity index (χ1v) is 10.7. The molecule has 1 spiro atoms. The number of hydrogen-bond donors (Lipinski definition) is 1. The average molecular weight is 440 g/mol. The highest BCUT2D eigenvalue weighted by atomic mass is 32.1. The summed E-state index contributed by atoms with van der Waals surface area (Å²) in [5.74, 6) is -0.147. The van der Waals surface area contributed by atoms with Crippen molar-refractivity contribution in [2.45, 2.75) is 39.4 Å². The van der Waals surface area contributed by atoms with E-state index in [-0.39, 0.29) is 17.0 Å². The number of amides is 1. The normalized spacial score (nSPS) is 22.2. The Hall–Kier alpha value is -2.20. The molecule has 2 saturated heterocycles. The summed E-state index contributed by atoms with van der Waals surface area (Å²) in [5, 5.41) is 3.28. The zero-order valence-corrected chi connectivity index (χ0v) is 17.7. The van der Waals surface area contributed by atoms with Gasteiger partial charge in [0.05, 0.1) is 11.3 Å². The van der Waals surface area contributed by atoms with Gasteiger partial charge in [-0.05, 0) is 32.4 Å². The summed E-state index contributed by atoms with van der Waals surface area (Å²) in [6.45, 7) is 6.90. The van der Waals surface area contributed by atoms with Crippen LogP contribution in [-0.4, -0.2) is 47.0 Å². The van der Waals surface area contributed by atoms with Gasteiger partial charge in [-0.15, -0.1) is 11.3 Å². The van der Waals surface area contributed by atoms with Gasteiger partial charge in [0, 0.05) is 61.5 Å². The summed E-state index contributed by atoms with van der Waals surface area (Å²) in [6.07, 6.45) is 0.157. The highest BCUT2D eigenvalue weighted by molar-refractivity contribution is 7.15. The number of hydrogen-bond acceptors (Lipinski definition) is 6. The smallest absolute Gasteiger partial charge is 0.370 e. The van der Waals surface area contributed by atoms with Crippen molar-refractivity contribution in [1.82, 2.24) is 14.9 Å². The minimum atomic E-state index is -4.41. The van der Waals surface area contributed by atoms with E-state index >= 15 is 0 Å². The fourth-order valence-electron chi connectivity index (χ4n) is 4.47. The number of nitrogens with zero attached hydrogens (tertiary/aromatic N) is 4. The molecule has 2 fully saturated rings. The van der Waals surface area contributed by atoms with Gasteiger partial charge >= 0.3 is 6.18 Å². The standard InChI is InChI=1S/C20H24F3N5OS/c1-13-7-17(16(9-24-13)20(21,22)23)28-6-4-19(12-28)3-5-27(11-19)10-15-8-25-18(30-15)26-14(2)29/h7-9H,3-6,10-12H2,1-2H3,(H,25,26,29). The summed E-state index contributed by atoms with van der Waals surface area (Å²) in [7, 11) is 0. The molecule has 30 heavy (non-hydrogen) atoms. The SMILES string of the molecule is CC(=O)Nc1ncc(CN2CCC3(CCN(c4cc(C)ncc4C(F)(F)F)C3)C2)s1. The molecule has 0 saturated carbocycles. The van der Waals surface area contributed by atoms with Crippen molar-refractivity contribution in [3.63, 3.8) is 0 Å². The summed E-state index contributed by atoms with van der Waals surface area (Å²) in [6, 6.07) is 1.55. The van der Waals surface area contributed by atoms with Crippen LogP contribution in [0.15, 0.2) is 18.5 Å². The second kappa shape index (κ2) is 7.81. The van der Waals surface area contributed by atoms with Gasteiger partial charge in [0.1, 0.15) is 0 Å². The monoisotopic (exact) mass is 439 g/mol. The number of likely N-dealkylation sites (tertiary alicyclic amines) is 1. The first-order chi connectivity index (χ1) is 14.1. The minimum absolute atomic E-state index is 0.00515. The number of carbonyl (C=O) groups excluding carboxylic acids is 1. The van der Waals surface area contributed by atoms with Gasteiger partial charge in [-0.3, -0.25) is 14.7 Å². The van der Waals surface area contributed by atoms with Gasteiger partial charge in [0.2, 0.25) is 5.91 Å². The van der Waals surface area contributed by atoms with Gasteiger partial charge in [-0.2, -0.15) is 13.2 Å². The summed E-state index contributed by atoms with van der Waals surface area (Å²) >= 11 is 1.46. The molecule has 1 atom stereocenters. The third kappa shape index (κ3) is 4.44. The van der Waals surface area contributed by atoms with Crippen LogP contribution in [0.4, 0.5) is 24.0 Å². The molecule has 2 aliphatic rings. The number of thiazole rings is 1. The third-order valence-electron chi connectivity index (χ3n) is 5.84. The fourth-order valence-corrected chi connectivity index (χ4v) is 5.37.